The van der Waals surface area contributed by atoms with Crippen LogP contribution in [0.2, 0.25) is 5.02 Å². The van der Waals surface area contributed by atoms with Crippen LogP contribution in [0.5, 0.6) is 17.2 Å². The first-order valence-corrected chi connectivity index (χ1v) is 5.69. The Morgan fingerprint density at radius 2 is 2.11 bits per heavy atom. The van der Waals surface area contributed by atoms with Crippen LogP contribution in [0.15, 0.2) is 6.07 Å². The van der Waals surface area contributed by atoms with Crippen LogP contribution >= 0.6 is 11.6 Å². The molecule has 98 valence electrons. The molecule has 1 heterocycles. The highest BCUT2D eigenvalue weighted by molar-refractivity contribution is 6.32. The van der Waals surface area contributed by atoms with Gasteiger partial charge in [0.25, 0.3) is 0 Å². The van der Waals surface area contributed by atoms with E-state index in [1.807, 2.05) is 0 Å². The summed E-state index contributed by atoms with van der Waals surface area (Å²) in [6.45, 7) is 0.781. The van der Waals surface area contributed by atoms with E-state index in [9.17, 15) is 9.90 Å². The number of aliphatic carboxylic acids is 1. The highest BCUT2D eigenvalue weighted by Gasteiger charge is 2.29. The minimum Gasteiger partial charge on any atom is -0.506 e. The van der Waals surface area contributed by atoms with Crippen LogP contribution in [0.4, 0.5) is 0 Å². The van der Waals surface area contributed by atoms with Gasteiger partial charge in [-0.25, -0.2) is 0 Å². The summed E-state index contributed by atoms with van der Waals surface area (Å²) in [7, 11) is 0. The van der Waals surface area contributed by atoms with Gasteiger partial charge >= 0.3 is 5.97 Å². The molecule has 1 atom stereocenters. The van der Waals surface area contributed by atoms with Gasteiger partial charge in [-0.05, 0) is 0 Å². The molecule has 0 saturated heterocycles. The molecule has 0 aliphatic carbocycles. The van der Waals surface area contributed by atoms with Crippen molar-refractivity contribution in [2.45, 2.75) is 12.5 Å². The van der Waals surface area contributed by atoms with E-state index < -0.39 is 17.8 Å². The number of carbonyl (C=O) groups is 1. The third kappa shape index (κ3) is 2.16. The monoisotopic (exact) mass is 273 g/mol. The number of hydrogen-bond donors (Lipinski definition) is 3. The number of benzene rings is 1. The van der Waals surface area contributed by atoms with Crippen LogP contribution in [-0.4, -0.2) is 29.4 Å². The Balaban J connectivity index is 2.61. The Morgan fingerprint density at radius 3 is 2.78 bits per heavy atom. The molecule has 0 spiro atoms. The van der Waals surface area contributed by atoms with Gasteiger partial charge < -0.3 is 25.4 Å². The second-order valence-electron chi connectivity index (χ2n) is 3.81. The number of fused-ring (bicyclic) bond motifs is 1. The third-order valence-electron chi connectivity index (χ3n) is 2.58. The average Bonchev–Trinajstić information content (AvgIpc) is 2.55. The smallest absolute Gasteiger partial charge is 0.325 e. The van der Waals surface area contributed by atoms with Gasteiger partial charge in [0.1, 0.15) is 11.8 Å². The Morgan fingerprint density at radius 1 is 1.44 bits per heavy atom. The van der Waals surface area contributed by atoms with Crippen LogP contribution in [0, 0.1) is 0 Å². The first-order chi connectivity index (χ1) is 8.52. The highest BCUT2D eigenvalue weighted by atomic mass is 35.5. The van der Waals surface area contributed by atoms with E-state index in [1.54, 1.807) is 0 Å². The van der Waals surface area contributed by atoms with Crippen LogP contribution in [0.25, 0.3) is 0 Å². The number of hydrogen-bond acceptors (Lipinski definition) is 5. The van der Waals surface area contributed by atoms with Gasteiger partial charge in [-0.15, -0.1) is 0 Å². The third-order valence-corrected chi connectivity index (χ3v) is 2.87. The van der Waals surface area contributed by atoms with Crippen molar-refractivity contribution in [3.63, 3.8) is 0 Å². The maximum Gasteiger partial charge on any atom is 0.325 e. The average molecular weight is 274 g/mol. The summed E-state index contributed by atoms with van der Waals surface area (Å²) in [5.41, 5.74) is 5.47. The Bertz CT molecular complexity index is 491. The van der Waals surface area contributed by atoms with Crippen LogP contribution < -0.4 is 15.2 Å². The molecular formula is C11H12ClNO5. The van der Waals surface area contributed by atoms with Crippen LogP contribution in [0.1, 0.15) is 18.0 Å². The predicted molar refractivity (Wildman–Crippen MR) is 63.3 cm³/mol. The van der Waals surface area contributed by atoms with Crippen molar-refractivity contribution < 1.29 is 24.5 Å². The molecule has 0 bridgehead atoms. The molecule has 1 aliphatic heterocycles. The maximum absolute atomic E-state index is 11.0. The normalized spacial score (nSPS) is 15.9. The fourth-order valence-corrected chi connectivity index (χ4v) is 1.90. The molecule has 0 radical (unpaired) electrons. The van der Waals surface area contributed by atoms with Gasteiger partial charge in [-0.2, -0.15) is 0 Å². The number of carboxylic acids is 1. The van der Waals surface area contributed by atoms with Crippen molar-refractivity contribution >= 4 is 17.6 Å². The summed E-state index contributed by atoms with van der Waals surface area (Å²) in [6.07, 6.45) is 0.648. The zero-order chi connectivity index (χ0) is 13.3. The lowest BCUT2D eigenvalue weighted by Crippen LogP contribution is -2.21. The Hall–Kier alpha value is -1.66. The minimum absolute atomic E-state index is 0.0223. The Labute approximate surface area is 108 Å². The maximum atomic E-state index is 11.0. The molecule has 7 heteroatoms. The molecule has 0 amide bonds. The van der Waals surface area contributed by atoms with E-state index in [2.05, 4.69) is 0 Å². The number of ether oxygens (including phenoxy) is 2. The van der Waals surface area contributed by atoms with Crippen molar-refractivity contribution in [3.8, 4) is 17.2 Å². The molecular weight excluding hydrogens is 262 g/mol. The number of carboxylic acid groups (broad SMARTS) is 1. The zero-order valence-corrected chi connectivity index (χ0v) is 10.1. The molecule has 1 aliphatic rings. The van der Waals surface area contributed by atoms with Crippen LogP contribution in [0.3, 0.4) is 0 Å². The molecule has 2 rings (SSSR count). The standard InChI is InChI=1S/C11H12ClNO5/c12-5-4-6-10(18-3-1-2-17-6)7(9(5)14)8(13)11(15)16/h4,8,14H,1-3,13H2,(H,15,16). The quantitative estimate of drug-likeness (QED) is 0.750. The van der Waals surface area contributed by atoms with Crippen molar-refractivity contribution in [3.05, 3.63) is 16.7 Å². The summed E-state index contributed by atoms with van der Waals surface area (Å²) in [5.74, 6) is -1.25. The molecule has 0 aromatic heterocycles. The molecule has 0 fully saturated rings. The second kappa shape index (κ2) is 4.91. The lowest BCUT2D eigenvalue weighted by Gasteiger charge is -2.17. The first-order valence-electron chi connectivity index (χ1n) is 5.31. The van der Waals surface area contributed by atoms with Crippen molar-refractivity contribution in [1.82, 2.24) is 0 Å². The number of halogens is 1. The topological polar surface area (TPSA) is 102 Å². The highest BCUT2D eigenvalue weighted by Crippen LogP contribution is 2.45. The minimum atomic E-state index is -1.43. The van der Waals surface area contributed by atoms with Gasteiger partial charge in [0.15, 0.2) is 11.5 Å². The Kier molecular flexibility index (Phi) is 3.49. The van der Waals surface area contributed by atoms with E-state index in [-0.39, 0.29) is 16.3 Å². The van der Waals surface area contributed by atoms with E-state index in [1.165, 1.54) is 6.07 Å². The van der Waals surface area contributed by atoms with Crippen molar-refractivity contribution in [2.24, 2.45) is 5.73 Å². The summed E-state index contributed by atoms with van der Waals surface area (Å²) in [5, 5.41) is 18.8. The molecule has 1 unspecified atom stereocenters. The SMILES string of the molecule is NC(C(=O)O)c1c(O)c(Cl)cc2c1OCCCO2. The molecule has 0 saturated carbocycles. The fourth-order valence-electron chi connectivity index (χ4n) is 1.70. The van der Waals surface area contributed by atoms with Gasteiger partial charge in [-0.1, -0.05) is 11.6 Å². The lowest BCUT2D eigenvalue weighted by molar-refractivity contribution is -0.138. The van der Waals surface area contributed by atoms with E-state index in [0.717, 1.165) is 0 Å². The molecule has 6 nitrogen and oxygen atoms in total. The summed E-state index contributed by atoms with van der Waals surface area (Å²) >= 11 is 5.82. The van der Waals surface area contributed by atoms with Gasteiger partial charge in [0.05, 0.1) is 23.8 Å². The van der Waals surface area contributed by atoms with Gasteiger partial charge in [0, 0.05) is 12.5 Å². The number of aromatic hydroxyl groups is 1. The van der Waals surface area contributed by atoms with E-state index in [4.69, 9.17) is 31.9 Å². The predicted octanol–water partition coefficient (Wildman–Crippen LogP) is 1.29. The molecule has 1 aromatic carbocycles. The van der Waals surface area contributed by atoms with Gasteiger partial charge in [0.2, 0.25) is 0 Å². The van der Waals surface area contributed by atoms with Crippen molar-refractivity contribution in [2.75, 3.05) is 13.2 Å². The molecule has 4 N–H and O–H groups in total. The zero-order valence-electron chi connectivity index (χ0n) is 9.35. The van der Waals surface area contributed by atoms with Gasteiger partial charge in [-0.3, -0.25) is 4.79 Å². The number of nitrogens with two attached hydrogens (primary N) is 1. The summed E-state index contributed by atoms with van der Waals surface area (Å²) in [6, 6.07) is -0.0468. The number of rotatable bonds is 2. The summed E-state index contributed by atoms with van der Waals surface area (Å²) < 4.78 is 10.8. The van der Waals surface area contributed by atoms with E-state index >= 15 is 0 Å². The van der Waals surface area contributed by atoms with Crippen LogP contribution in [-0.2, 0) is 4.79 Å². The largest absolute Gasteiger partial charge is 0.506 e. The van der Waals surface area contributed by atoms with E-state index in [0.29, 0.717) is 25.4 Å². The fraction of sp³-hybridized carbons (Fsp3) is 0.364. The molecule has 18 heavy (non-hydrogen) atoms. The number of phenols is 1. The summed E-state index contributed by atoms with van der Waals surface area (Å²) in [4.78, 5) is 11.0. The molecule has 1 aromatic rings. The van der Waals surface area contributed by atoms with Crippen molar-refractivity contribution in [1.29, 1.82) is 0 Å². The second-order valence-corrected chi connectivity index (χ2v) is 4.22. The first kappa shape index (κ1) is 12.8. The number of phenolic OH excluding ortho intramolecular Hbond substituents is 1. The lowest BCUT2D eigenvalue weighted by atomic mass is 10.0.